The molecule has 7 heteroatoms. The first-order valence-corrected chi connectivity index (χ1v) is 13.4. The van der Waals surface area contributed by atoms with Gasteiger partial charge in [0, 0.05) is 32.3 Å². The van der Waals surface area contributed by atoms with E-state index in [1.54, 1.807) is 22.5 Å². The maximum absolute atomic E-state index is 13.3. The van der Waals surface area contributed by atoms with E-state index in [1.807, 2.05) is 36.4 Å². The van der Waals surface area contributed by atoms with Gasteiger partial charge in [-0.15, -0.1) is 0 Å². The first-order valence-electron chi connectivity index (χ1n) is 12.0. The Labute approximate surface area is 197 Å². The Morgan fingerprint density at radius 3 is 2.15 bits per heavy atom. The second-order valence-corrected chi connectivity index (χ2v) is 10.7. The number of hydrogen-bond acceptors (Lipinski definition) is 4. The zero-order chi connectivity index (χ0) is 23.1. The molecule has 33 heavy (non-hydrogen) atoms. The van der Waals surface area contributed by atoms with Crippen LogP contribution in [-0.4, -0.2) is 44.8 Å². The number of carbonyl (C=O) groups excluding carboxylic acids is 1. The number of sulfonamides is 1. The fraction of sp³-hybridized carbons (Fsp3) is 0.423. The third kappa shape index (κ3) is 6.03. The minimum Gasteiger partial charge on any atom is -0.370 e. The van der Waals surface area contributed by atoms with Gasteiger partial charge < -0.3 is 10.2 Å². The number of nitrogens with one attached hydrogen (secondary N) is 1. The highest BCUT2D eigenvalue weighted by Gasteiger charge is 2.27. The van der Waals surface area contributed by atoms with Crippen molar-refractivity contribution in [1.29, 1.82) is 0 Å². The molecule has 2 saturated heterocycles. The zero-order valence-electron chi connectivity index (χ0n) is 19.1. The summed E-state index contributed by atoms with van der Waals surface area (Å²) in [5.74, 6) is -0.276. The van der Waals surface area contributed by atoms with Crippen LogP contribution in [0.4, 0.5) is 11.4 Å². The number of rotatable bonds is 6. The number of piperidine rings is 1. The van der Waals surface area contributed by atoms with Crippen molar-refractivity contribution in [3.8, 4) is 0 Å². The summed E-state index contributed by atoms with van der Waals surface area (Å²) in [5, 5.41) is 2.96. The van der Waals surface area contributed by atoms with Gasteiger partial charge in [0.1, 0.15) is 0 Å². The highest BCUT2D eigenvalue weighted by atomic mass is 32.2. The van der Waals surface area contributed by atoms with E-state index in [2.05, 4.69) is 10.2 Å². The first-order chi connectivity index (χ1) is 16.0. The molecule has 2 fully saturated rings. The van der Waals surface area contributed by atoms with Crippen LogP contribution in [0.2, 0.25) is 0 Å². The van der Waals surface area contributed by atoms with E-state index in [1.165, 1.54) is 18.9 Å². The van der Waals surface area contributed by atoms with Crippen LogP contribution in [0.3, 0.4) is 0 Å². The van der Waals surface area contributed by atoms with E-state index in [4.69, 9.17) is 0 Å². The molecule has 2 aromatic carbocycles. The van der Waals surface area contributed by atoms with Gasteiger partial charge in [-0.2, -0.15) is 4.31 Å². The van der Waals surface area contributed by atoms with Crippen LogP contribution >= 0.6 is 0 Å². The molecule has 2 aromatic rings. The molecule has 0 aromatic heterocycles. The van der Waals surface area contributed by atoms with E-state index in [9.17, 15) is 13.2 Å². The standard InChI is InChI=1S/C26H33N3O3S/c30-26(16-13-22-11-5-3-6-12-22)27-24-21-23(33(31,32)29-19-9-4-10-20-29)14-15-25(24)28-17-7-1-2-8-18-28/h3,5-6,11-16,21H,1-2,4,7-10,17-20H2,(H,27,30)/b16-13+. The van der Waals surface area contributed by atoms with Crippen LogP contribution in [0.25, 0.3) is 6.08 Å². The van der Waals surface area contributed by atoms with Crippen LogP contribution in [0.5, 0.6) is 0 Å². The van der Waals surface area contributed by atoms with E-state index in [0.29, 0.717) is 18.8 Å². The van der Waals surface area contributed by atoms with Crippen LogP contribution in [0, 0.1) is 0 Å². The Hall–Kier alpha value is -2.64. The Kier molecular flexibility index (Phi) is 7.83. The lowest BCUT2D eigenvalue weighted by atomic mass is 10.2. The van der Waals surface area contributed by atoms with Gasteiger partial charge in [0.2, 0.25) is 15.9 Å². The Balaban J connectivity index is 1.62. The van der Waals surface area contributed by atoms with Crippen LogP contribution < -0.4 is 10.2 Å². The van der Waals surface area contributed by atoms with E-state index < -0.39 is 10.0 Å². The maximum atomic E-state index is 13.3. The molecule has 2 heterocycles. The number of nitrogens with zero attached hydrogens (tertiary/aromatic N) is 2. The fourth-order valence-corrected chi connectivity index (χ4v) is 6.07. The summed E-state index contributed by atoms with van der Waals surface area (Å²) < 4.78 is 28.1. The van der Waals surface area contributed by atoms with Gasteiger partial charge in [-0.05, 0) is 55.5 Å². The lowest BCUT2D eigenvalue weighted by Crippen LogP contribution is -2.35. The molecular weight excluding hydrogens is 434 g/mol. The molecule has 0 aliphatic carbocycles. The van der Waals surface area contributed by atoms with Gasteiger partial charge in [-0.1, -0.05) is 49.6 Å². The molecule has 0 saturated carbocycles. The molecule has 0 spiro atoms. The average Bonchev–Trinajstić information content (AvgIpc) is 3.13. The second-order valence-electron chi connectivity index (χ2n) is 8.78. The van der Waals surface area contributed by atoms with Crippen molar-refractivity contribution in [3.63, 3.8) is 0 Å². The lowest BCUT2D eigenvalue weighted by molar-refractivity contribution is -0.111. The highest BCUT2D eigenvalue weighted by molar-refractivity contribution is 7.89. The van der Waals surface area contributed by atoms with Gasteiger partial charge in [0.15, 0.2) is 0 Å². The smallest absolute Gasteiger partial charge is 0.248 e. The maximum Gasteiger partial charge on any atom is 0.248 e. The van der Waals surface area contributed by atoms with Crippen molar-refractivity contribution in [3.05, 3.63) is 60.2 Å². The molecular formula is C26H33N3O3S. The van der Waals surface area contributed by atoms with Gasteiger partial charge in [0.05, 0.1) is 16.3 Å². The van der Waals surface area contributed by atoms with E-state index in [-0.39, 0.29) is 10.8 Å². The molecule has 0 radical (unpaired) electrons. The predicted molar refractivity (Wildman–Crippen MR) is 134 cm³/mol. The number of benzene rings is 2. The summed E-state index contributed by atoms with van der Waals surface area (Å²) in [7, 11) is -3.58. The fourth-order valence-electron chi connectivity index (χ4n) is 4.53. The Morgan fingerprint density at radius 1 is 0.818 bits per heavy atom. The summed E-state index contributed by atoms with van der Waals surface area (Å²) in [6, 6.07) is 14.8. The third-order valence-corrected chi connectivity index (χ3v) is 8.25. The summed E-state index contributed by atoms with van der Waals surface area (Å²) in [6.45, 7) is 2.91. The minimum atomic E-state index is -3.58. The van der Waals surface area contributed by atoms with Crippen LogP contribution in [-0.2, 0) is 14.8 Å². The summed E-state index contributed by atoms with van der Waals surface area (Å²) in [6.07, 6.45) is 10.7. The number of anilines is 2. The second kappa shape index (κ2) is 11.0. The molecule has 0 bridgehead atoms. The number of amides is 1. The Bertz CT molecular complexity index is 1070. The quantitative estimate of drug-likeness (QED) is 0.614. The Morgan fingerprint density at radius 2 is 1.45 bits per heavy atom. The highest BCUT2D eigenvalue weighted by Crippen LogP contribution is 2.32. The topological polar surface area (TPSA) is 69.7 Å². The lowest BCUT2D eigenvalue weighted by Gasteiger charge is -2.28. The van der Waals surface area contributed by atoms with Crippen LogP contribution in [0.1, 0.15) is 50.5 Å². The van der Waals surface area contributed by atoms with Crippen molar-refractivity contribution >= 4 is 33.4 Å². The molecule has 2 aliphatic rings. The van der Waals surface area contributed by atoms with Crippen molar-refractivity contribution in [2.45, 2.75) is 49.8 Å². The molecule has 1 N–H and O–H groups in total. The third-order valence-electron chi connectivity index (χ3n) is 6.35. The van der Waals surface area contributed by atoms with Crippen molar-refractivity contribution < 1.29 is 13.2 Å². The van der Waals surface area contributed by atoms with Crippen LogP contribution in [0.15, 0.2) is 59.5 Å². The molecule has 2 aliphatic heterocycles. The van der Waals surface area contributed by atoms with Gasteiger partial charge in [0.25, 0.3) is 0 Å². The van der Waals surface area contributed by atoms with Crippen molar-refractivity contribution in [1.82, 2.24) is 4.31 Å². The SMILES string of the molecule is O=C(/C=C/c1ccccc1)Nc1cc(S(=O)(=O)N2CCCCC2)ccc1N1CCCCCC1. The number of carbonyl (C=O) groups is 1. The largest absolute Gasteiger partial charge is 0.370 e. The van der Waals surface area contributed by atoms with Gasteiger partial charge in [-0.3, -0.25) is 4.79 Å². The molecule has 6 nitrogen and oxygen atoms in total. The zero-order valence-corrected chi connectivity index (χ0v) is 19.9. The monoisotopic (exact) mass is 467 g/mol. The van der Waals surface area contributed by atoms with Gasteiger partial charge >= 0.3 is 0 Å². The molecule has 4 rings (SSSR count). The van der Waals surface area contributed by atoms with E-state index >= 15 is 0 Å². The summed E-state index contributed by atoms with van der Waals surface area (Å²) in [4.78, 5) is 15.3. The normalized spacial score (nSPS) is 18.2. The number of hydrogen-bond donors (Lipinski definition) is 1. The van der Waals surface area contributed by atoms with Crippen molar-refractivity contribution in [2.75, 3.05) is 36.4 Å². The molecule has 1 amide bonds. The van der Waals surface area contributed by atoms with E-state index in [0.717, 1.165) is 56.4 Å². The minimum absolute atomic E-state index is 0.241. The van der Waals surface area contributed by atoms with Gasteiger partial charge in [-0.25, -0.2) is 8.42 Å². The summed E-state index contributed by atoms with van der Waals surface area (Å²) >= 11 is 0. The molecule has 0 atom stereocenters. The molecule has 176 valence electrons. The predicted octanol–water partition coefficient (Wildman–Crippen LogP) is 4.89. The summed E-state index contributed by atoms with van der Waals surface area (Å²) in [5.41, 5.74) is 2.37. The molecule has 0 unspecified atom stereocenters. The average molecular weight is 468 g/mol. The van der Waals surface area contributed by atoms with Crippen molar-refractivity contribution in [2.24, 2.45) is 0 Å². The first kappa shape index (κ1) is 23.5.